The van der Waals surface area contributed by atoms with E-state index in [1.807, 2.05) is 17.5 Å². The van der Waals surface area contributed by atoms with Crippen LogP contribution in [0.1, 0.15) is 0 Å². The number of hydrogen-bond acceptors (Lipinski definition) is 8. The lowest BCUT2D eigenvalue weighted by atomic mass is 10.3. The molecular weight excluding hydrogens is 338 g/mol. The van der Waals surface area contributed by atoms with Crippen molar-refractivity contribution >= 4 is 28.8 Å². The van der Waals surface area contributed by atoms with Gasteiger partial charge in [0.1, 0.15) is 0 Å². The number of nitro benzene ring substituents is 1. The van der Waals surface area contributed by atoms with E-state index in [1.165, 1.54) is 29.2 Å². The summed E-state index contributed by atoms with van der Waals surface area (Å²) in [7, 11) is 0. The molecule has 0 saturated carbocycles. The molecule has 0 aliphatic heterocycles. The number of rotatable bonds is 7. The van der Waals surface area contributed by atoms with Gasteiger partial charge in [0.25, 0.3) is 11.1 Å². The topological polar surface area (TPSA) is 91.3 Å². The van der Waals surface area contributed by atoms with Gasteiger partial charge in [-0.1, -0.05) is 30.0 Å². The van der Waals surface area contributed by atoms with E-state index in [4.69, 9.17) is 9.15 Å². The molecule has 1 aromatic carbocycles. The molecular formula is C14H11N3O4S2. The molecule has 0 spiro atoms. The highest BCUT2D eigenvalue weighted by Gasteiger charge is 2.14. The van der Waals surface area contributed by atoms with E-state index in [1.54, 1.807) is 18.2 Å². The minimum absolute atomic E-state index is 0.0460. The predicted molar refractivity (Wildman–Crippen MR) is 86.9 cm³/mol. The van der Waals surface area contributed by atoms with E-state index in [0.717, 1.165) is 4.88 Å². The van der Waals surface area contributed by atoms with Gasteiger partial charge in [0.2, 0.25) is 0 Å². The van der Waals surface area contributed by atoms with E-state index < -0.39 is 4.92 Å². The summed E-state index contributed by atoms with van der Waals surface area (Å²) in [6.07, 6.45) is 0. The van der Waals surface area contributed by atoms with Gasteiger partial charge in [-0.3, -0.25) is 10.1 Å². The van der Waals surface area contributed by atoms with Gasteiger partial charge < -0.3 is 9.15 Å². The molecule has 0 fully saturated rings. The highest BCUT2D eigenvalue weighted by Crippen LogP contribution is 2.28. The van der Waals surface area contributed by atoms with Gasteiger partial charge in [0.05, 0.1) is 16.4 Å². The smallest absolute Gasteiger partial charge is 0.310 e. The third-order valence-electron chi connectivity index (χ3n) is 2.77. The van der Waals surface area contributed by atoms with Gasteiger partial charge in [0, 0.05) is 11.8 Å². The molecule has 118 valence electrons. The summed E-state index contributed by atoms with van der Waals surface area (Å²) in [5, 5.41) is 21.2. The van der Waals surface area contributed by atoms with Crippen molar-refractivity contribution in [3.63, 3.8) is 0 Å². The maximum absolute atomic E-state index is 10.9. The van der Waals surface area contributed by atoms with E-state index in [2.05, 4.69) is 10.2 Å². The van der Waals surface area contributed by atoms with Crippen molar-refractivity contribution in [1.29, 1.82) is 0 Å². The van der Waals surface area contributed by atoms with Crippen LogP contribution in [0.4, 0.5) is 5.69 Å². The van der Waals surface area contributed by atoms with Crippen molar-refractivity contribution < 1.29 is 14.1 Å². The molecule has 23 heavy (non-hydrogen) atoms. The number of thiophene rings is 1. The molecule has 0 bridgehead atoms. The third-order valence-corrected chi connectivity index (χ3v) is 4.41. The minimum Gasteiger partial charge on any atom is -0.486 e. The third kappa shape index (κ3) is 3.88. The van der Waals surface area contributed by atoms with Crippen LogP contribution in [0.5, 0.6) is 5.75 Å². The van der Waals surface area contributed by atoms with Crippen LogP contribution in [0.3, 0.4) is 0 Å². The first-order chi connectivity index (χ1) is 11.2. The van der Waals surface area contributed by atoms with Crippen molar-refractivity contribution in [3.8, 4) is 16.5 Å². The summed E-state index contributed by atoms with van der Waals surface area (Å²) >= 11 is 2.87. The standard InChI is InChI=1S/C14H11N3O4S2/c18-17(19)10-4-1-2-5-11(10)20-7-9-23-14-16-15-13(21-14)12-6-3-8-22-12/h1-6,8H,7,9H2. The lowest BCUT2D eigenvalue weighted by Crippen LogP contribution is -2.02. The van der Waals surface area contributed by atoms with E-state index in [0.29, 0.717) is 23.5 Å². The summed E-state index contributed by atoms with van der Waals surface area (Å²) < 4.78 is 11.0. The average Bonchev–Trinajstić information content (AvgIpc) is 3.23. The van der Waals surface area contributed by atoms with Gasteiger partial charge >= 0.3 is 5.69 Å². The first kappa shape index (κ1) is 15.5. The molecule has 0 amide bonds. The Balaban J connectivity index is 1.52. The summed E-state index contributed by atoms with van der Waals surface area (Å²) in [5.74, 6) is 1.28. The number of ether oxygens (including phenoxy) is 1. The average molecular weight is 349 g/mol. The molecule has 0 aliphatic carbocycles. The molecule has 0 N–H and O–H groups in total. The fourth-order valence-electron chi connectivity index (χ4n) is 1.78. The second-order valence-corrected chi connectivity index (χ2v) is 6.27. The first-order valence-electron chi connectivity index (χ1n) is 6.60. The quantitative estimate of drug-likeness (QED) is 0.277. The normalized spacial score (nSPS) is 10.6. The number of nitro groups is 1. The van der Waals surface area contributed by atoms with Crippen molar-refractivity contribution in [1.82, 2.24) is 10.2 Å². The number of benzene rings is 1. The molecule has 9 heteroatoms. The van der Waals surface area contributed by atoms with Gasteiger partial charge in [-0.05, 0) is 17.5 Å². The summed E-state index contributed by atoms with van der Waals surface area (Å²) in [5.41, 5.74) is -0.0460. The predicted octanol–water partition coefficient (Wildman–Crippen LogP) is 3.88. The van der Waals surface area contributed by atoms with Crippen LogP contribution in [-0.2, 0) is 0 Å². The Kier molecular flexibility index (Phi) is 4.89. The molecule has 0 atom stereocenters. The molecule has 0 unspecified atom stereocenters. The highest BCUT2D eigenvalue weighted by molar-refractivity contribution is 7.99. The summed E-state index contributed by atoms with van der Waals surface area (Å²) in [4.78, 5) is 11.3. The molecule has 3 aromatic rings. The van der Waals surface area contributed by atoms with Gasteiger partial charge in [-0.2, -0.15) is 0 Å². The van der Waals surface area contributed by atoms with Crippen LogP contribution >= 0.6 is 23.1 Å². The number of aromatic nitrogens is 2. The Bertz CT molecular complexity index is 789. The van der Waals surface area contributed by atoms with Crippen molar-refractivity contribution in [3.05, 3.63) is 51.9 Å². The van der Waals surface area contributed by atoms with Gasteiger partial charge in [-0.25, -0.2) is 0 Å². The van der Waals surface area contributed by atoms with Crippen LogP contribution in [-0.4, -0.2) is 27.5 Å². The monoisotopic (exact) mass is 349 g/mol. The van der Waals surface area contributed by atoms with Gasteiger partial charge in [-0.15, -0.1) is 21.5 Å². The molecule has 3 rings (SSSR count). The molecule has 0 aliphatic rings. The van der Waals surface area contributed by atoms with Crippen LogP contribution < -0.4 is 4.74 Å². The Morgan fingerprint density at radius 3 is 2.91 bits per heavy atom. The Hall–Kier alpha value is -2.39. The number of nitrogens with zero attached hydrogens (tertiary/aromatic N) is 3. The fraction of sp³-hybridized carbons (Fsp3) is 0.143. The van der Waals surface area contributed by atoms with Crippen molar-refractivity contribution in [2.75, 3.05) is 12.4 Å². The molecule has 0 saturated heterocycles. The summed E-state index contributed by atoms with van der Waals surface area (Å²) in [6.45, 7) is 0.298. The molecule has 7 nitrogen and oxygen atoms in total. The Morgan fingerprint density at radius 2 is 2.13 bits per heavy atom. The molecule has 0 radical (unpaired) electrons. The van der Waals surface area contributed by atoms with E-state index in [-0.39, 0.29) is 11.4 Å². The number of hydrogen-bond donors (Lipinski definition) is 0. The maximum atomic E-state index is 10.9. The Morgan fingerprint density at radius 1 is 1.26 bits per heavy atom. The zero-order valence-corrected chi connectivity index (χ0v) is 13.4. The van der Waals surface area contributed by atoms with Crippen LogP contribution in [0.15, 0.2) is 51.4 Å². The Labute approximate surface area is 139 Å². The fourth-order valence-corrected chi connectivity index (χ4v) is 3.00. The zero-order valence-electron chi connectivity index (χ0n) is 11.7. The van der Waals surface area contributed by atoms with Crippen LogP contribution in [0.2, 0.25) is 0 Å². The second kappa shape index (κ2) is 7.25. The van der Waals surface area contributed by atoms with Crippen LogP contribution in [0, 0.1) is 10.1 Å². The number of para-hydroxylation sites is 2. The van der Waals surface area contributed by atoms with Crippen molar-refractivity contribution in [2.45, 2.75) is 5.22 Å². The zero-order chi connectivity index (χ0) is 16.1. The van der Waals surface area contributed by atoms with E-state index >= 15 is 0 Å². The first-order valence-corrected chi connectivity index (χ1v) is 8.47. The van der Waals surface area contributed by atoms with Gasteiger partial charge in [0.15, 0.2) is 5.75 Å². The SMILES string of the molecule is O=[N+]([O-])c1ccccc1OCCSc1nnc(-c2cccs2)o1. The number of thioether (sulfide) groups is 1. The summed E-state index contributed by atoms with van der Waals surface area (Å²) in [6, 6.07) is 10.1. The van der Waals surface area contributed by atoms with Crippen molar-refractivity contribution in [2.24, 2.45) is 0 Å². The lowest BCUT2D eigenvalue weighted by Gasteiger charge is -2.04. The largest absolute Gasteiger partial charge is 0.486 e. The molecule has 2 aromatic heterocycles. The maximum Gasteiger partial charge on any atom is 0.310 e. The minimum atomic E-state index is -0.464. The molecule has 2 heterocycles. The van der Waals surface area contributed by atoms with E-state index in [9.17, 15) is 10.1 Å². The highest BCUT2D eigenvalue weighted by atomic mass is 32.2. The second-order valence-electron chi connectivity index (χ2n) is 4.27. The lowest BCUT2D eigenvalue weighted by molar-refractivity contribution is -0.385. The van der Waals surface area contributed by atoms with Crippen LogP contribution in [0.25, 0.3) is 10.8 Å².